The molecule has 1 aromatic heterocycles. The van der Waals surface area contributed by atoms with Crippen molar-refractivity contribution in [3.8, 4) is 28.1 Å². The number of anilines is 1. The fourth-order valence-corrected chi connectivity index (χ4v) is 6.20. The average molecular weight is 739 g/mol. The summed E-state index contributed by atoms with van der Waals surface area (Å²) in [7, 11) is 0. The number of aromatic hydroxyl groups is 1. The van der Waals surface area contributed by atoms with Crippen molar-refractivity contribution in [2.45, 2.75) is 64.7 Å². The molecule has 0 spiro atoms. The summed E-state index contributed by atoms with van der Waals surface area (Å²) in [5, 5.41) is 50.7. The number of carboxylic acid groups (broad SMARTS) is 2. The number of benzene rings is 4. The van der Waals surface area contributed by atoms with Crippen molar-refractivity contribution >= 4 is 29.3 Å². The second-order valence-corrected chi connectivity index (χ2v) is 13.0. The predicted octanol–water partition coefficient (Wildman–Crippen LogP) is 7.61. The molecule has 11 nitrogen and oxygen atoms in total. The number of aromatic nitrogens is 1. The minimum absolute atomic E-state index is 0.0277. The number of para-hydroxylation sites is 2. The largest absolute Gasteiger partial charge is 0.506 e. The standard InChI is InChI=1S/C33H35FN2O5.C9H8O4/c1-21(2)31-30(33(41)35-25-11-7-4-8-12-25)29(22-9-5-3-6-10-22)32(23-13-15-24(34)16-14-23)36(31)18-17-26(37)19-27(38)20-28(39)40;1-5(10)6-3-2-4-7(8(6)11)9(12)13/h3-16,21,26-27,37-38H,17-20H2,1-2H3,(H,35,41)(H,39,40);2-4,11H,1H3,(H,12,13)/t26-,27-;/m1./s1. The first kappa shape index (κ1) is 40.7. The number of nitrogens with one attached hydrogen (secondary N) is 1. The zero-order valence-electron chi connectivity index (χ0n) is 30.1. The van der Waals surface area contributed by atoms with Crippen LogP contribution in [-0.2, 0) is 11.3 Å². The lowest BCUT2D eigenvalue weighted by Gasteiger charge is -2.20. The molecule has 0 radical (unpaired) electrons. The van der Waals surface area contributed by atoms with Crippen molar-refractivity contribution in [2.75, 3.05) is 5.32 Å². The molecule has 1 amide bonds. The molecule has 1 heterocycles. The molecule has 2 atom stereocenters. The highest BCUT2D eigenvalue weighted by atomic mass is 19.1. The zero-order chi connectivity index (χ0) is 39.5. The molecule has 282 valence electrons. The highest BCUT2D eigenvalue weighted by Crippen LogP contribution is 2.42. The van der Waals surface area contributed by atoms with Crippen LogP contribution in [-0.4, -0.2) is 65.9 Å². The smallest absolute Gasteiger partial charge is 0.339 e. The fourth-order valence-electron chi connectivity index (χ4n) is 6.20. The Morgan fingerprint density at radius 2 is 1.35 bits per heavy atom. The monoisotopic (exact) mass is 738 g/mol. The Morgan fingerprint density at radius 1 is 0.759 bits per heavy atom. The molecule has 0 saturated heterocycles. The van der Waals surface area contributed by atoms with Gasteiger partial charge in [0.2, 0.25) is 0 Å². The van der Waals surface area contributed by atoms with E-state index in [1.807, 2.05) is 79.1 Å². The third kappa shape index (κ3) is 10.3. The van der Waals surface area contributed by atoms with E-state index in [2.05, 4.69) is 5.32 Å². The summed E-state index contributed by atoms with van der Waals surface area (Å²) >= 11 is 0. The van der Waals surface area contributed by atoms with E-state index in [0.29, 0.717) is 28.1 Å². The number of aliphatic hydroxyl groups excluding tert-OH is 2. The molecule has 4 aromatic carbocycles. The molecule has 54 heavy (non-hydrogen) atoms. The average Bonchev–Trinajstić information content (AvgIpc) is 3.47. The number of hydrogen-bond donors (Lipinski definition) is 6. The van der Waals surface area contributed by atoms with E-state index in [1.54, 1.807) is 12.1 Å². The highest BCUT2D eigenvalue weighted by molar-refractivity contribution is 6.12. The summed E-state index contributed by atoms with van der Waals surface area (Å²) in [6, 6.07) is 28.8. The van der Waals surface area contributed by atoms with E-state index >= 15 is 0 Å². The van der Waals surface area contributed by atoms with Crippen LogP contribution in [0, 0.1) is 5.82 Å². The van der Waals surface area contributed by atoms with Gasteiger partial charge in [-0.05, 0) is 85.3 Å². The first-order valence-electron chi connectivity index (χ1n) is 17.3. The number of rotatable bonds is 14. The van der Waals surface area contributed by atoms with Gasteiger partial charge >= 0.3 is 11.9 Å². The Labute approximate surface area is 312 Å². The quantitative estimate of drug-likeness (QED) is 0.0624. The van der Waals surface area contributed by atoms with Crippen molar-refractivity contribution in [2.24, 2.45) is 0 Å². The number of halogens is 1. The van der Waals surface area contributed by atoms with Crippen LogP contribution >= 0.6 is 0 Å². The summed E-state index contributed by atoms with van der Waals surface area (Å²) in [5.74, 6) is -4.01. The number of ketones is 1. The zero-order valence-corrected chi connectivity index (χ0v) is 30.1. The first-order chi connectivity index (χ1) is 25.7. The number of phenols is 1. The van der Waals surface area contributed by atoms with Gasteiger partial charge in [-0.15, -0.1) is 0 Å². The van der Waals surface area contributed by atoms with E-state index in [-0.39, 0.29) is 53.9 Å². The van der Waals surface area contributed by atoms with E-state index in [1.165, 1.54) is 37.3 Å². The molecule has 0 aliphatic heterocycles. The molecule has 0 fully saturated rings. The number of amides is 1. The van der Waals surface area contributed by atoms with Gasteiger partial charge in [0.15, 0.2) is 5.78 Å². The molecule has 5 aromatic rings. The molecular weight excluding hydrogens is 695 g/mol. The Hall–Kier alpha value is -6.11. The molecule has 0 aliphatic rings. The number of aromatic carboxylic acids is 1. The molecule has 0 bridgehead atoms. The van der Waals surface area contributed by atoms with Crippen molar-refractivity contribution in [1.82, 2.24) is 4.57 Å². The lowest BCUT2D eigenvalue weighted by atomic mass is 9.94. The lowest BCUT2D eigenvalue weighted by Crippen LogP contribution is -2.22. The highest BCUT2D eigenvalue weighted by Gasteiger charge is 2.31. The predicted molar refractivity (Wildman–Crippen MR) is 202 cm³/mol. The maximum Gasteiger partial charge on any atom is 0.339 e. The van der Waals surface area contributed by atoms with Crippen LogP contribution in [0.2, 0.25) is 0 Å². The minimum Gasteiger partial charge on any atom is -0.506 e. The molecule has 0 saturated carbocycles. The first-order valence-corrected chi connectivity index (χ1v) is 17.3. The number of carboxylic acids is 2. The molecular formula is C42H43FN2O9. The van der Waals surface area contributed by atoms with Gasteiger partial charge in [-0.3, -0.25) is 14.4 Å². The van der Waals surface area contributed by atoms with Gasteiger partial charge < -0.3 is 35.4 Å². The van der Waals surface area contributed by atoms with Gasteiger partial charge in [-0.25, -0.2) is 9.18 Å². The number of aliphatic hydroxyl groups is 2. The van der Waals surface area contributed by atoms with Crippen LogP contribution in [0.5, 0.6) is 5.75 Å². The Balaban J connectivity index is 0.000000422. The summed E-state index contributed by atoms with van der Waals surface area (Å²) in [6.07, 6.45) is -2.51. The second-order valence-electron chi connectivity index (χ2n) is 13.0. The van der Waals surface area contributed by atoms with Gasteiger partial charge in [0, 0.05) is 23.5 Å². The van der Waals surface area contributed by atoms with Crippen LogP contribution in [0.4, 0.5) is 10.1 Å². The van der Waals surface area contributed by atoms with Crippen LogP contribution in [0.15, 0.2) is 103 Å². The second kappa shape index (κ2) is 18.6. The van der Waals surface area contributed by atoms with Crippen molar-refractivity contribution in [3.63, 3.8) is 0 Å². The summed E-state index contributed by atoms with van der Waals surface area (Å²) in [4.78, 5) is 46.4. The van der Waals surface area contributed by atoms with Crippen molar-refractivity contribution < 1.29 is 49.1 Å². The van der Waals surface area contributed by atoms with Gasteiger partial charge in [-0.2, -0.15) is 0 Å². The number of hydrogen-bond acceptors (Lipinski definition) is 7. The number of aliphatic carboxylic acids is 1. The molecule has 12 heteroatoms. The van der Waals surface area contributed by atoms with Crippen LogP contribution in [0.3, 0.4) is 0 Å². The van der Waals surface area contributed by atoms with Crippen LogP contribution in [0.1, 0.15) is 82.7 Å². The molecule has 0 aliphatic carbocycles. The number of carbonyl (C=O) groups excluding carboxylic acids is 2. The van der Waals surface area contributed by atoms with E-state index in [4.69, 9.17) is 10.2 Å². The maximum atomic E-state index is 14.0. The minimum atomic E-state index is -1.25. The fraction of sp³-hybridized carbons (Fsp3) is 0.238. The molecule has 6 N–H and O–H groups in total. The van der Waals surface area contributed by atoms with E-state index < -0.39 is 36.3 Å². The maximum absolute atomic E-state index is 14.0. The SMILES string of the molecule is CC(=O)c1cccc(C(=O)O)c1O.CC(C)c1c(C(=O)Nc2ccccc2)c(-c2ccccc2)c(-c2ccc(F)cc2)n1CC[C@@H](O)C[C@@H](O)CC(=O)O. The Bertz CT molecular complexity index is 2050. The van der Waals surface area contributed by atoms with Crippen molar-refractivity contribution in [3.05, 3.63) is 131 Å². The van der Waals surface area contributed by atoms with E-state index in [9.17, 15) is 38.9 Å². The third-order valence-corrected chi connectivity index (χ3v) is 8.58. The summed E-state index contributed by atoms with van der Waals surface area (Å²) in [6.45, 7) is 5.52. The molecule has 0 unspecified atom stereocenters. The number of nitrogens with zero attached hydrogens (tertiary/aromatic N) is 1. The number of carbonyl (C=O) groups is 4. The summed E-state index contributed by atoms with van der Waals surface area (Å²) < 4.78 is 16.0. The van der Waals surface area contributed by atoms with Crippen LogP contribution < -0.4 is 5.32 Å². The third-order valence-electron chi connectivity index (χ3n) is 8.58. The topological polar surface area (TPSA) is 186 Å². The van der Waals surface area contributed by atoms with Gasteiger partial charge in [0.25, 0.3) is 5.91 Å². The van der Waals surface area contributed by atoms with Gasteiger partial charge in [0.05, 0.1) is 35.4 Å². The Kier molecular flexibility index (Phi) is 14.0. The lowest BCUT2D eigenvalue weighted by molar-refractivity contribution is -0.139. The van der Waals surface area contributed by atoms with Gasteiger partial charge in [0.1, 0.15) is 17.1 Å². The Morgan fingerprint density at radius 3 is 1.91 bits per heavy atom. The normalized spacial score (nSPS) is 12.0. The van der Waals surface area contributed by atoms with Gasteiger partial charge in [-0.1, -0.05) is 68.4 Å². The number of Topliss-reactive ketones (excluding diaryl/α,β-unsaturated/α-hetero) is 1. The summed E-state index contributed by atoms with van der Waals surface area (Å²) in [5.41, 5.74) is 4.54. The van der Waals surface area contributed by atoms with Crippen molar-refractivity contribution in [1.29, 1.82) is 0 Å². The van der Waals surface area contributed by atoms with Crippen LogP contribution in [0.25, 0.3) is 22.4 Å². The molecule has 5 rings (SSSR count). The van der Waals surface area contributed by atoms with E-state index in [0.717, 1.165) is 11.3 Å².